The molecule has 18 heavy (non-hydrogen) atoms. The van der Waals surface area contributed by atoms with E-state index >= 15 is 0 Å². The molecule has 100 valence electrons. The number of carbonyl (C=O) groups excluding carboxylic acids is 1. The van der Waals surface area contributed by atoms with Gasteiger partial charge < -0.3 is 10.1 Å². The summed E-state index contributed by atoms with van der Waals surface area (Å²) in [5.41, 5.74) is 0. The van der Waals surface area contributed by atoms with E-state index in [0.717, 1.165) is 19.3 Å². The van der Waals surface area contributed by atoms with Gasteiger partial charge in [0.25, 0.3) is 5.91 Å². The summed E-state index contributed by atoms with van der Waals surface area (Å²) in [6.45, 7) is 4.57. The number of amides is 1. The Hall–Kier alpha value is -1.10. The number of nitrogens with zero attached hydrogens (tertiary/aromatic N) is 1. The quantitative estimate of drug-likeness (QED) is 0.622. The molecule has 1 amide bonds. The fourth-order valence-corrected chi connectivity index (χ4v) is 1.78. The van der Waals surface area contributed by atoms with E-state index < -0.39 is 6.10 Å². The maximum absolute atomic E-state index is 11.8. The average Bonchev–Trinajstić information content (AvgIpc) is 2.37. The molecule has 1 aromatic heterocycles. The van der Waals surface area contributed by atoms with Crippen LogP contribution in [0.25, 0.3) is 0 Å². The minimum absolute atomic E-state index is 0.0955. The number of nitrogens with one attached hydrogen (secondary N) is 1. The van der Waals surface area contributed by atoms with E-state index in [1.165, 1.54) is 0 Å². The number of rotatable bonds is 7. The predicted octanol–water partition coefficient (Wildman–Crippen LogP) is 2.92. The highest BCUT2D eigenvalue weighted by Gasteiger charge is 2.15. The van der Waals surface area contributed by atoms with Crippen LogP contribution in [-0.4, -0.2) is 23.5 Å². The van der Waals surface area contributed by atoms with Gasteiger partial charge in [-0.2, -0.15) is 0 Å². The van der Waals surface area contributed by atoms with Gasteiger partial charge in [-0.3, -0.25) is 4.79 Å². The zero-order chi connectivity index (χ0) is 13.4. The highest BCUT2D eigenvalue weighted by atomic mass is 79.9. The van der Waals surface area contributed by atoms with E-state index in [1.54, 1.807) is 25.3 Å². The molecule has 0 aromatic carbocycles. The van der Waals surface area contributed by atoms with Gasteiger partial charge in [-0.25, -0.2) is 4.98 Å². The van der Waals surface area contributed by atoms with E-state index in [9.17, 15) is 4.79 Å². The Morgan fingerprint density at radius 2 is 2.33 bits per heavy atom. The van der Waals surface area contributed by atoms with Crippen LogP contribution < -0.4 is 10.1 Å². The number of hydrogen-bond acceptors (Lipinski definition) is 3. The second kappa shape index (κ2) is 8.08. The number of carbonyl (C=O) groups is 1. The number of unbranched alkanes of at least 4 members (excludes halogenated alkanes) is 2. The SMILES string of the molecule is CCCCCNC(=O)C(C)Oc1cccnc1Br. The molecule has 0 radical (unpaired) electrons. The molecule has 0 bridgehead atoms. The summed E-state index contributed by atoms with van der Waals surface area (Å²) >= 11 is 3.28. The lowest BCUT2D eigenvalue weighted by molar-refractivity contribution is -0.127. The van der Waals surface area contributed by atoms with E-state index in [0.29, 0.717) is 16.9 Å². The summed E-state index contributed by atoms with van der Waals surface area (Å²) < 4.78 is 6.15. The zero-order valence-corrected chi connectivity index (χ0v) is 12.4. The Morgan fingerprint density at radius 3 is 3.00 bits per heavy atom. The lowest BCUT2D eigenvalue weighted by atomic mass is 10.2. The third kappa shape index (κ3) is 5.04. The Balaban J connectivity index is 2.38. The first-order chi connectivity index (χ1) is 8.65. The molecular weight excluding hydrogens is 296 g/mol. The second-order valence-electron chi connectivity index (χ2n) is 4.05. The van der Waals surface area contributed by atoms with E-state index in [-0.39, 0.29) is 5.91 Å². The van der Waals surface area contributed by atoms with E-state index in [1.807, 2.05) is 0 Å². The third-order valence-electron chi connectivity index (χ3n) is 2.48. The number of ether oxygens (including phenoxy) is 1. The summed E-state index contributed by atoms with van der Waals surface area (Å²) in [5, 5.41) is 2.86. The van der Waals surface area contributed by atoms with Gasteiger partial charge in [0, 0.05) is 12.7 Å². The molecule has 0 spiro atoms. The molecule has 0 aliphatic carbocycles. The molecule has 1 N–H and O–H groups in total. The monoisotopic (exact) mass is 314 g/mol. The van der Waals surface area contributed by atoms with Crippen molar-refractivity contribution in [3.63, 3.8) is 0 Å². The highest BCUT2D eigenvalue weighted by molar-refractivity contribution is 9.10. The molecule has 5 heteroatoms. The van der Waals surface area contributed by atoms with Gasteiger partial charge in [-0.1, -0.05) is 19.8 Å². The maximum atomic E-state index is 11.8. The van der Waals surface area contributed by atoms with Crippen molar-refractivity contribution in [3.05, 3.63) is 22.9 Å². The van der Waals surface area contributed by atoms with Crippen LogP contribution in [0.15, 0.2) is 22.9 Å². The van der Waals surface area contributed by atoms with Gasteiger partial charge in [0.15, 0.2) is 11.9 Å². The van der Waals surface area contributed by atoms with Crippen LogP contribution in [0.1, 0.15) is 33.1 Å². The van der Waals surface area contributed by atoms with Crippen molar-refractivity contribution in [1.82, 2.24) is 10.3 Å². The highest BCUT2D eigenvalue weighted by Crippen LogP contribution is 2.22. The van der Waals surface area contributed by atoms with Crippen molar-refractivity contribution in [2.24, 2.45) is 0 Å². The van der Waals surface area contributed by atoms with Gasteiger partial charge in [-0.05, 0) is 41.4 Å². The number of pyridine rings is 1. The van der Waals surface area contributed by atoms with Crippen LogP contribution in [-0.2, 0) is 4.79 Å². The zero-order valence-electron chi connectivity index (χ0n) is 10.8. The van der Waals surface area contributed by atoms with E-state index in [4.69, 9.17) is 4.74 Å². The van der Waals surface area contributed by atoms with Crippen molar-refractivity contribution in [1.29, 1.82) is 0 Å². The topological polar surface area (TPSA) is 51.2 Å². The third-order valence-corrected chi connectivity index (χ3v) is 3.07. The first-order valence-electron chi connectivity index (χ1n) is 6.20. The molecule has 0 saturated carbocycles. The second-order valence-corrected chi connectivity index (χ2v) is 4.80. The first-order valence-corrected chi connectivity index (χ1v) is 6.99. The van der Waals surface area contributed by atoms with Crippen molar-refractivity contribution >= 4 is 21.8 Å². The normalized spacial score (nSPS) is 11.9. The molecule has 0 saturated heterocycles. The fraction of sp³-hybridized carbons (Fsp3) is 0.538. The summed E-state index contributed by atoms with van der Waals surface area (Å²) in [4.78, 5) is 15.8. The lowest BCUT2D eigenvalue weighted by Crippen LogP contribution is -2.36. The number of hydrogen-bond donors (Lipinski definition) is 1. The molecular formula is C13H19BrN2O2. The van der Waals surface area contributed by atoms with Crippen molar-refractivity contribution in [3.8, 4) is 5.75 Å². The molecule has 1 atom stereocenters. The average molecular weight is 315 g/mol. The Bertz CT molecular complexity index is 385. The standard InChI is InChI=1S/C13H19BrN2O2/c1-3-4-5-8-16-13(17)10(2)18-11-7-6-9-15-12(11)14/h6-7,9-10H,3-5,8H2,1-2H3,(H,16,17). The fourth-order valence-electron chi connectivity index (χ4n) is 1.43. The van der Waals surface area contributed by atoms with Gasteiger partial charge in [0.2, 0.25) is 0 Å². The summed E-state index contributed by atoms with van der Waals surface area (Å²) in [7, 11) is 0. The van der Waals surface area contributed by atoms with Crippen molar-refractivity contribution < 1.29 is 9.53 Å². The molecule has 0 aliphatic rings. The van der Waals surface area contributed by atoms with Gasteiger partial charge >= 0.3 is 0 Å². The van der Waals surface area contributed by atoms with Gasteiger partial charge in [-0.15, -0.1) is 0 Å². The van der Waals surface area contributed by atoms with Crippen LogP contribution >= 0.6 is 15.9 Å². The lowest BCUT2D eigenvalue weighted by Gasteiger charge is -2.15. The minimum Gasteiger partial charge on any atom is -0.478 e. The van der Waals surface area contributed by atoms with Crippen molar-refractivity contribution in [2.45, 2.75) is 39.2 Å². The van der Waals surface area contributed by atoms with Gasteiger partial charge in [0.1, 0.15) is 4.60 Å². The Labute approximate surface area is 116 Å². The number of aromatic nitrogens is 1. The molecule has 1 unspecified atom stereocenters. The van der Waals surface area contributed by atoms with Gasteiger partial charge in [0.05, 0.1) is 0 Å². The van der Waals surface area contributed by atoms with Crippen LogP contribution in [0, 0.1) is 0 Å². The van der Waals surface area contributed by atoms with Crippen LogP contribution in [0.4, 0.5) is 0 Å². The Kier molecular flexibility index (Phi) is 6.72. The largest absolute Gasteiger partial charge is 0.478 e. The molecule has 0 aliphatic heterocycles. The van der Waals surface area contributed by atoms with Crippen LogP contribution in [0.2, 0.25) is 0 Å². The molecule has 1 aromatic rings. The van der Waals surface area contributed by atoms with Crippen LogP contribution in [0.3, 0.4) is 0 Å². The van der Waals surface area contributed by atoms with E-state index in [2.05, 4.69) is 33.2 Å². The molecule has 1 heterocycles. The Morgan fingerprint density at radius 1 is 1.56 bits per heavy atom. The summed E-state index contributed by atoms with van der Waals surface area (Å²) in [6, 6.07) is 3.55. The number of halogens is 1. The predicted molar refractivity (Wildman–Crippen MR) is 74.6 cm³/mol. The van der Waals surface area contributed by atoms with Crippen molar-refractivity contribution in [2.75, 3.05) is 6.54 Å². The summed E-state index contributed by atoms with van der Waals surface area (Å²) in [6.07, 6.45) is 4.42. The minimum atomic E-state index is -0.521. The molecule has 1 rings (SSSR count). The maximum Gasteiger partial charge on any atom is 0.260 e. The summed E-state index contributed by atoms with van der Waals surface area (Å²) in [5.74, 6) is 0.482. The van der Waals surface area contributed by atoms with Crippen LogP contribution in [0.5, 0.6) is 5.75 Å². The first kappa shape index (κ1) is 15.0. The molecule has 4 nitrogen and oxygen atoms in total. The molecule has 0 fully saturated rings. The smallest absolute Gasteiger partial charge is 0.260 e.